The van der Waals surface area contributed by atoms with E-state index in [1.807, 2.05) is 24.3 Å². The average molecular weight is 548 g/mol. The third kappa shape index (κ3) is 5.45. The van der Waals surface area contributed by atoms with Gasteiger partial charge in [0, 0.05) is 24.1 Å². The molecule has 4 fully saturated rings. The number of carbonyl (C=O) groups is 1. The lowest BCUT2D eigenvalue weighted by atomic mass is 9.81. The summed E-state index contributed by atoms with van der Waals surface area (Å²) < 4.78 is 45.9. The average Bonchev–Trinajstić information content (AvgIpc) is 3.48. The Hall–Kier alpha value is -1.97. The Morgan fingerprint density at radius 3 is 2.76 bits per heavy atom. The van der Waals surface area contributed by atoms with Crippen molar-refractivity contribution >= 4 is 33.4 Å². The van der Waals surface area contributed by atoms with Crippen LogP contribution in [0.2, 0.25) is 0 Å². The highest BCUT2D eigenvalue weighted by atomic mass is 32.2. The number of rotatable bonds is 8. The molecule has 2 saturated carbocycles. The third-order valence-corrected chi connectivity index (χ3v) is 10.9. The number of thiocarbonyl (C=S) groups is 1. The molecule has 1 amide bonds. The van der Waals surface area contributed by atoms with Crippen molar-refractivity contribution in [3.05, 3.63) is 43.0 Å². The van der Waals surface area contributed by atoms with Gasteiger partial charge in [0.15, 0.2) is 0 Å². The molecule has 4 aliphatic rings. The van der Waals surface area contributed by atoms with Gasteiger partial charge in [-0.25, -0.2) is 12.7 Å². The van der Waals surface area contributed by atoms with Crippen LogP contribution in [0.5, 0.6) is 5.75 Å². The summed E-state index contributed by atoms with van der Waals surface area (Å²) in [6.07, 6.45) is 8.78. The molecule has 202 valence electrons. The molecular formula is C28H37NO6S2. The van der Waals surface area contributed by atoms with E-state index < -0.39 is 28.0 Å². The van der Waals surface area contributed by atoms with E-state index >= 15 is 0 Å². The van der Waals surface area contributed by atoms with E-state index in [1.54, 1.807) is 19.1 Å². The van der Waals surface area contributed by atoms with Gasteiger partial charge in [-0.05, 0) is 76.3 Å². The molecule has 2 saturated heterocycles. The second-order valence-corrected chi connectivity index (χ2v) is 13.5. The Balaban J connectivity index is 1.34. The molecule has 1 aromatic carbocycles. The number of hydrogen-bond donors (Lipinski definition) is 0. The van der Waals surface area contributed by atoms with Crippen molar-refractivity contribution in [3.8, 4) is 5.75 Å². The van der Waals surface area contributed by atoms with Crippen molar-refractivity contribution in [2.45, 2.75) is 89.1 Å². The topological polar surface area (TPSA) is 82.1 Å². The van der Waals surface area contributed by atoms with E-state index in [9.17, 15) is 13.2 Å². The van der Waals surface area contributed by atoms with E-state index in [2.05, 4.69) is 6.58 Å². The summed E-state index contributed by atoms with van der Waals surface area (Å²) in [5.74, 6) is -0.000783. The SMILES string of the molecule is C=CC[C@H]1CCC[C@@H](C[C@@H](OC(=S)Oc2ccccc2)[C@H](C)C(=O)N2[C@H]3C[C@@H]4CC[C@]3(C4)CS2(=O)=O)O1. The first-order valence-corrected chi connectivity index (χ1v) is 15.5. The van der Waals surface area contributed by atoms with Crippen LogP contribution >= 0.6 is 12.2 Å². The van der Waals surface area contributed by atoms with Crippen molar-refractivity contribution in [2.24, 2.45) is 17.3 Å². The minimum absolute atomic E-state index is 0.0790. The highest BCUT2D eigenvalue weighted by Crippen LogP contribution is 2.60. The molecule has 0 unspecified atom stereocenters. The smallest absolute Gasteiger partial charge is 0.358 e. The third-order valence-electron chi connectivity index (χ3n) is 8.78. The summed E-state index contributed by atoms with van der Waals surface area (Å²) in [6.45, 7) is 5.57. The summed E-state index contributed by atoms with van der Waals surface area (Å²) in [4.78, 5) is 13.9. The minimum Gasteiger partial charge on any atom is -0.452 e. The van der Waals surface area contributed by atoms with Crippen LogP contribution < -0.4 is 4.74 Å². The highest BCUT2D eigenvalue weighted by molar-refractivity contribution is 7.90. The van der Waals surface area contributed by atoms with Crippen LogP contribution in [-0.2, 0) is 24.3 Å². The summed E-state index contributed by atoms with van der Waals surface area (Å²) in [7, 11) is -3.67. The Kier molecular flexibility index (Phi) is 7.67. The zero-order chi connectivity index (χ0) is 26.2. The van der Waals surface area contributed by atoms with Crippen LogP contribution in [-0.4, -0.2) is 54.0 Å². The van der Waals surface area contributed by atoms with Gasteiger partial charge in [0.1, 0.15) is 11.9 Å². The summed E-state index contributed by atoms with van der Waals surface area (Å²) in [6, 6.07) is 8.85. The maximum absolute atomic E-state index is 13.9. The lowest BCUT2D eigenvalue weighted by Gasteiger charge is -2.36. The Labute approximate surface area is 225 Å². The van der Waals surface area contributed by atoms with Crippen LogP contribution in [0.3, 0.4) is 0 Å². The molecule has 7 nitrogen and oxygen atoms in total. The van der Waals surface area contributed by atoms with Crippen molar-refractivity contribution < 1.29 is 27.4 Å². The van der Waals surface area contributed by atoms with Crippen LogP contribution in [0.15, 0.2) is 43.0 Å². The minimum atomic E-state index is -3.67. The van der Waals surface area contributed by atoms with Gasteiger partial charge in [-0.3, -0.25) is 4.79 Å². The molecule has 2 heterocycles. The fraction of sp³-hybridized carbons (Fsp3) is 0.643. The van der Waals surface area contributed by atoms with Crippen LogP contribution in [0.25, 0.3) is 0 Å². The largest absolute Gasteiger partial charge is 0.452 e. The maximum Gasteiger partial charge on any atom is 0.358 e. The number of amides is 1. The Bertz CT molecular complexity index is 1120. The number of fused-ring (bicyclic) bond motifs is 1. The van der Waals surface area contributed by atoms with Gasteiger partial charge < -0.3 is 14.2 Å². The molecule has 2 aliphatic heterocycles. The predicted molar refractivity (Wildman–Crippen MR) is 144 cm³/mol. The maximum atomic E-state index is 13.9. The lowest BCUT2D eigenvalue weighted by Crippen LogP contribution is -2.48. The van der Waals surface area contributed by atoms with Crippen molar-refractivity contribution in [2.75, 3.05) is 5.75 Å². The first kappa shape index (κ1) is 26.6. The lowest BCUT2D eigenvalue weighted by molar-refractivity contribution is -0.137. The number of para-hydroxylation sites is 1. The molecule has 1 spiro atoms. The molecule has 37 heavy (non-hydrogen) atoms. The van der Waals surface area contributed by atoms with E-state index in [1.165, 1.54) is 4.31 Å². The monoisotopic (exact) mass is 547 g/mol. The molecule has 0 radical (unpaired) electrons. The molecule has 0 N–H and O–H groups in total. The molecule has 5 rings (SSSR count). The highest BCUT2D eigenvalue weighted by Gasteiger charge is 2.64. The van der Waals surface area contributed by atoms with Gasteiger partial charge in [-0.15, -0.1) is 6.58 Å². The standard InChI is InChI=1S/C28H37NO6S2/c1-3-8-21-11-7-12-23(33-21)16-24(35-27(36)34-22-9-5-4-6-10-22)19(2)26(30)29-25-15-20-13-14-28(25,17-20)18-37(29,31)32/h3-6,9-10,19-21,23-25H,1,7-8,11-18H2,2H3/t19-,20-,21-,23-,24+,25-,28-/m0/s1. The fourth-order valence-corrected chi connectivity index (χ4v) is 9.73. The summed E-state index contributed by atoms with van der Waals surface area (Å²) >= 11 is 5.41. The molecule has 0 aromatic heterocycles. The number of sulfonamides is 1. The first-order chi connectivity index (χ1) is 17.7. The van der Waals surface area contributed by atoms with Crippen LogP contribution in [0.4, 0.5) is 0 Å². The Morgan fingerprint density at radius 1 is 1.27 bits per heavy atom. The summed E-state index contributed by atoms with van der Waals surface area (Å²) in [5, 5.41) is -0.0880. The van der Waals surface area contributed by atoms with Crippen LogP contribution in [0, 0.1) is 17.3 Å². The van der Waals surface area contributed by atoms with Gasteiger partial charge in [0.25, 0.3) is 0 Å². The number of nitrogens with zero attached hydrogens (tertiary/aromatic N) is 1. The van der Waals surface area contributed by atoms with Gasteiger partial charge in [-0.1, -0.05) is 24.3 Å². The number of carbonyl (C=O) groups excluding carboxylic acids is 1. The van der Waals surface area contributed by atoms with Gasteiger partial charge in [0.05, 0.1) is 29.9 Å². The number of ether oxygens (including phenoxy) is 3. The van der Waals surface area contributed by atoms with E-state index in [4.69, 9.17) is 26.4 Å². The quantitative estimate of drug-likeness (QED) is 0.334. The van der Waals surface area contributed by atoms with Gasteiger partial charge in [0.2, 0.25) is 15.9 Å². The van der Waals surface area contributed by atoms with E-state index in [-0.39, 0.29) is 34.7 Å². The van der Waals surface area contributed by atoms with Crippen LogP contribution in [0.1, 0.15) is 64.7 Å². The Morgan fingerprint density at radius 2 is 2.03 bits per heavy atom. The van der Waals surface area contributed by atoms with E-state index in [0.29, 0.717) is 18.1 Å². The zero-order valence-electron chi connectivity index (χ0n) is 21.4. The second kappa shape index (κ2) is 10.7. The van der Waals surface area contributed by atoms with Gasteiger partial charge in [-0.2, -0.15) is 0 Å². The predicted octanol–water partition coefficient (Wildman–Crippen LogP) is 5.01. The number of hydrogen-bond acceptors (Lipinski definition) is 7. The molecule has 9 heteroatoms. The zero-order valence-corrected chi connectivity index (χ0v) is 23.1. The molecule has 1 aromatic rings. The van der Waals surface area contributed by atoms with Gasteiger partial charge >= 0.3 is 5.24 Å². The fourth-order valence-electron chi connectivity index (χ4n) is 7.05. The molecular weight excluding hydrogens is 510 g/mol. The second-order valence-electron chi connectivity index (χ2n) is 11.3. The normalized spacial score (nSPS) is 33.4. The molecule has 2 aliphatic carbocycles. The molecule has 2 bridgehead atoms. The van der Waals surface area contributed by atoms with Crippen molar-refractivity contribution in [1.82, 2.24) is 4.31 Å². The first-order valence-electron chi connectivity index (χ1n) is 13.5. The summed E-state index contributed by atoms with van der Waals surface area (Å²) in [5.41, 5.74) is -0.272. The number of benzene rings is 1. The van der Waals surface area contributed by atoms with Crippen molar-refractivity contribution in [1.29, 1.82) is 0 Å². The van der Waals surface area contributed by atoms with E-state index in [0.717, 1.165) is 51.4 Å². The van der Waals surface area contributed by atoms with Crippen molar-refractivity contribution in [3.63, 3.8) is 0 Å². The molecule has 7 atom stereocenters.